The molecule has 0 fully saturated rings. The van der Waals surface area contributed by atoms with Crippen LogP contribution >= 0.6 is 11.8 Å². The van der Waals surface area contributed by atoms with Crippen molar-refractivity contribution in [3.8, 4) is 0 Å². The molecule has 0 saturated carbocycles. The molecule has 3 aromatic rings. The molecule has 0 saturated heterocycles. The Labute approximate surface area is 142 Å². The molecule has 0 bridgehead atoms. The smallest absolute Gasteiger partial charge is 0.316 e. The summed E-state index contributed by atoms with van der Waals surface area (Å²) in [5.41, 5.74) is 1.72. The van der Waals surface area contributed by atoms with Crippen LogP contribution in [0.1, 0.15) is 20.3 Å². The Morgan fingerprint density at radius 3 is 2.67 bits per heavy atom. The van der Waals surface area contributed by atoms with Crippen molar-refractivity contribution >= 4 is 34.4 Å². The topological polar surface area (TPSA) is 78.5 Å². The van der Waals surface area contributed by atoms with Gasteiger partial charge in [-0.3, -0.25) is 14.0 Å². The molecule has 0 aliphatic carbocycles. The molecule has 0 atom stereocenters. The van der Waals surface area contributed by atoms with Crippen LogP contribution in [0, 0.1) is 0 Å². The lowest BCUT2D eigenvalue weighted by Crippen LogP contribution is -2.22. The minimum Gasteiger partial charge on any atom is -0.465 e. The Morgan fingerprint density at radius 2 is 1.96 bits per heavy atom. The van der Waals surface area contributed by atoms with Gasteiger partial charge in [-0.05, 0) is 25.5 Å². The number of fused-ring (bicyclic) bond motifs is 3. The lowest BCUT2D eigenvalue weighted by Gasteiger charge is -2.10. The maximum Gasteiger partial charge on any atom is 0.316 e. The van der Waals surface area contributed by atoms with Crippen molar-refractivity contribution in [2.75, 3.05) is 12.4 Å². The lowest BCUT2D eigenvalue weighted by atomic mass is 10.3. The first-order valence-electron chi connectivity index (χ1n) is 7.82. The van der Waals surface area contributed by atoms with Crippen LogP contribution in [-0.4, -0.2) is 37.5 Å². The molecule has 8 heteroatoms. The summed E-state index contributed by atoms with van der Waals surface area (Å²) >= 11 is 1.22. The molecule has 0 radical (unpaired) electrons. The summed E-state index contributed by atoms with van der Waals surface area (Å²) < 4.78 is 8.45. The lowest BCUT2D eigenvalue weighted by molar-refractivity contribution is -0.140. The molecular weight excluding hydrogens is 328 g/mol. The molecule has 0 spiro atoms. The van der Waals surface area contributed by atoms with E-state index in [4.69, 9.17) is 4.74 Å². The van der Waals surface area contributed by atoms with E-state index in [1.54, 1.807) is 8.97 Å². The van der Waals surface area contributed by atoms with Crippen molar-refractivity contribution in [3.05, 3.63) is 34.6 Å². The van der Waals surface area contributed by atoms with Crippen LogP contribution in [0.5, 0.6) is 0 Å². The second-order valence-corrected chi connectivity index (χ2v) is 6.13. The summed E-state index contributed by atoms with van der Waals surface area (Å²) in [4.78, 5) is 24.3. The first kappa shape index (κ1) is 16.5. The number of carbonyl (C=O) groups is 1. The number of carbonyl (C=O) groups excluding carboxylic acids is 1. The van der Waals surface area contributed by atoms with E-state index < -0.39 is 0 Å². The van der Waals surface area contributed by atoms with E-state index in [9.17, 15) is 9.59 Å². The summed E-state index contributed by atoms with van der Waals surface area (Å²) in [6.45, 7) is 4.82. The highest BCUT2D eigenvalue weighted by Gasteiger charge is 2.17. The largest absolute Gasteiger partial charge is 0.465 e. The van der Waals surface area contributed by atoms with Gasteiger partial charge >= 0.3 is 5.97 Å². The Balaban J connectivity index is 2.05. The highest BCUT2D eigenvalue weighted by atomic mass is 32.2. The Morgan fingerprint density at radius 1 is 1.21 bits per heavy atom. The molecule has 1 aromatic carbocycles. The molecule has 3 rings (SSSR count). The highest BCUT2D eigenvalue weighted by molar-refractivity contribution is 7.99. The number of benzene rings is 1. The number of esters is 1. The van der Waals surface area contributed by atoms with Gasteiger partial charge in [0.05, 0.1) is 23.4 Å². The molecule has 24 heavy (non-hydrogen) atoms. The Bertz CT molecular complexity index is 948. The summed E-state index contributed by atoms with van der Waals surface area (Å²) in [7, 11) is 0. The van der Waals surface area contributed by atoms with E-state index in [1.165, 1.54) is 11.8 Å². The van der Waals surface area contributed by atoms with Gasteiger partial charge in [0.25, 0.3) is 5.56 Å². The first-order chi connectivity index (χ1) is 11.7. The fourth-order valence-corrected chi connectivity index (χ4v) is 3.27. The third kappa shape index (κ3) is 2.89. The van der Waals surface area contributed by atoms with Gasteiger partial charge in [-0.25, -0.2) is 0 Å². The first-order valence-corrected chi connectivity index (χ1v) is 8.81. The second kappa shape index (κ2) is 7.04. The van der Waals surface area contributed by atoms with Crippen LogP contribution in [0.25, 0.3) is 16.7 Å². The molecule has 0 unspecified atom stereocenters. The van der Waals surface area contributed by atoms with Gasteiger partial charge in [0.15, 0.2) is 5.16 Å². The predicted molar refractivity (Wildman–Crippen MR) is 92.4 cm³/mol. The van der Waals surface area contributed by atoms with Gasteiger partial charge in [-0.2, -0.15) is 0 Å². The molecule has 7 nitrogen and oxygen atoms in total. The van der Waals surface area contributed by atoms with Gasteiger partial charge in [0.1, 0.15) is 0 Å². The normalized spacial score (nSPS) is 11.2. The molecule has 0 N–H and O–H groups in total. The number of aromatic nitrogens is 4. The number of hydrogen-bond donors (Lipinski definition) is 0. The standard InChI is InChI=1S/C16H18N4O3S/c1-3-9-23-13(21)10-24-16-18-17-14-15(22)19(4-2)11-7-5-6-8-12(11)20(14)16/h5-8H,3-4,9-10H2,1-2H3. The Hall–Kier alpha value is -2.35. The van der Waals surface area contributed by atoms with Gasteiger partial charge in [-0.15, -0.1) is 10.2 Å². The van der Waals surface area contributed by atoms with E-state index in [0.717, 1.165) is 17.5 Å². The molecule has 2 aromatic heterocycles. The van der Waals surface area contributed by atoms with Crippen LogP contribution in [0.3, 0.4) is 0 Å². The van der Waals surface area contributed by atoms with Crippen molar-refractivity contribution in [1.82, 2.24) is 19.2 Å². The zero-order valence-electron chi connectivity index (χ0n) is 13.6. The number of aryl methyl sites for hydroxylation is 1. The third-order valence-electron chi connectivity index (χ3n) is 3.59. The zero-order valence-corrected chi connectivity index (χ0v) is 14.4. The minimum atomic E-state index is -0.301. The number of ether oxygens (including phenoxy) is 1. The van der Waals surface area contributed by atoms with Crippen LogP contribution in [-0.2, 0) is 16.1 Å². The van der Waals surface area contributed by atoms with Crippen molar-refractivity contribution in [3.63, 3.8) is 0 Å². The predicted octanol–water partition coefficient (Wildman–Crippen LogP) is 2.11. The van der Waals surface area contributed by atoms with Crippen LogP contribution in [0.2, 0.25) is 0 Å². The van der Waals surface area contributed by atoms with E-state index in [0.29, 0.717) is 18.3 Å². The van der Waals surface area contributed by atoms with E-state index in [2.05, 4.69) is 10.2 Å². The quantitative estimate of drug-likeness (QED) is 0.502. The molecule has 0 aliphatic rings. The fourth-order valence-electron chi connectivity index (χ4n) is 2.53. The average Bonchev–Trinajstić information content (AvgIpc) is 3.03. The summed E-state index contributed by atoms with van der Waals surface area (Å²) in [5.74, 6) is -0.170. The second-order valence-electron chi connectivity index (χ2n) is 5.19. The van der Waals surface area contributed by atoms with Gasteiger partial charge < -0.3 is 9.30 Å². The SMILES string of the molecule is CCCOC(=O)CSc1nnc2c(=O)n(CC)c3ccccc3n12. The molecule has 0 aliphatic heterocycles. The van der Waals surface area contributed by atoms with Crippen LogP contribution in [0.15, 0.2) is 34.2 Å². The average molecular weight is 346 g/mol. The molecule has 0 amide bonds. The minimum absolute atomic E-state index is 0.131. The molecular formula is C16H18N4O3S. The van der Waals surface area contributed by atoms with Gasteiger partial charge in [0.2, 0.25) is 5.65 Å². The van der Waals surface area contributed by atoms with Gasteiger partial charge in [0, 0.05) is 6.54 Å². The number of para-hydroxylation sites is 2. The number of rotatable bonds is 6. The summed E-state index contributed by atoms with van der Waals surface area (Å²) in [6, 6.07) is 7.59. The van der Waals surface area contributed by atoms with Crippen molar-refractivity contribution < 1.29 is 9.53 Å². The molecule has 126 valence electrons. The number of thioether (sulfide) groups is 1. The monoisotopic (exact) mass is 346 g/mol. The number of nitrogens with zero attached hydrogens (tertiary/aromatic N) is 4. The van der Waals surface area contributed by atoms with Crippen LogP contribution in [0.4, 0.5) is 0 Å². The summed E-state index contributed by atoms with van der Waals surface area (Å²) in [5, 5.41) is 8.62. The van der Waals surface area contributed by atoms with E-state index in [-0.39, 0.29) is 22.9 Å². The highest BCUT2D eigenvalue weighted by Crippen LogP contribution is 2.21. The van der Waals surface area contributed by atoms with Crippen molar-refractivity contribution in [1.29, 1.82) is 0 Å². The Kier molecular flexibility index (Phi) is 4.84. The van der Waals surface area contributed by atoms with E-state index >= 15 is 0 Å². The van der Waals surface area contributed by atoms with Crippen LogP contribution < -0.4 is 5.56 Å². The third-order valence-corrected chi connectivity index (χ3v) is 4.49. The molecule has 2 heterocycles. The van der Waals surface area contributed by atoms with Gasteiger partial charge in [-0.1, -0.05) is 30.8 Å². The summed E-state index contributed by atoms with van der Waals surface area (Å²) in [6.07, 6.45) is 0.783. The maximum absolute atomic E-state index is 12.6. The number of hydrogen-bond acceptors (Lipinski definition) is 6. The zero-order chi connectivity index (χ0) is 17.1. The van der Waals surface area contributed by atoms with E-state index in [1.807, 2.05) is 38.1 Å². The van der Waals surface area contributed by atoms with Crippen molar-refractivity contribution in [2.24, 2.45) is 0 Å². The van der Waals surface area contributed by atoms with Crippen molar-refractivity contribution in [2.45, 2.75) is 32.0 Å². The maximum atomic E-state index is 12.6. The fraction of sp³-hybridized carbons (Fsp3) is 0.375.